The van der Waals surface area contributed by atoms with E-state index in [4.69, 9.17) is 0 Å². The summed E-state index contributed by atoms with van der Waals surface area (Å²) in [6.07, 6.45) is 8.27. The Kier molecular flexibility index (Phi) is 9.18. The summed E-state index contributed by atoms with van der Waals surface area (Å²) >= 11 is 0. The molecule has 92 valence electrons. The fourth-order valence-electron chi connectivity index (χ4n) is 1.86. The molecular formula is C14H30O. The van der Waals surface area contributed by atoms with Gasteiger partial charge in [0.2, 0.25) is 0 Å². The van der Waals surface area contributed by atoms with Crippen LogP contribution in [0.1, 0.15) is 72.6 Å². The summed E-state index contributed by atoms with van der Waals surface area (Å²) in [6, 6.07) is 0. The number of aliphatic hydroxyl groups is 1. The summed E-state index contributed by atoms with van der Waals surface area (Å²) in [5.74, 6) is 1.51. The van der Waals surface area contributed by atoms with E-state index in [1.165, 1.54) is 32.1 Å². The van der Waals surface area contributed by atoms with Crippen molar-refractivity contribution in [2.75, 3.05) is 0 Å². The molecule has 0 heterocycles. The van der Waals surface area contributed by atoms with Gasteiger partial charge in [0, 0.05) is 0 Å². The molecular weight excluding hydrogens is 184 g/mol. The molecule has 1 nitrogen and oxygen atoms in total. The Bertz CT molecular complexity index is 131. The Labute approximate surface area is 96.3 Å². The van der Waals surface area contributed by atoms with Crippen molar-refractivity contribution in [2.45, 2.75) is 78.7 Å². The van der Waals surface area contributed by atoms with Crippen molar-refractivity contribution < 1.29 is 5.11 Å². The van der Waals surface area contributed by atoms with Gasteiger partial charge in [0.15, 0.2) is 0 Å². The van der Waals surface area contributed by atoms with E-state index in [0.717, 1.165) is 18.8 Å². The molecule has 0 amide bonds. The first-order chi connectivity index (χ1) is 7.06. The van der Waals surface area contributed by atoms with Crippen molar-refractivity contribution in [3.05, 3.63) is 0 Å². The molecule has 1 N–H and O–H groups in total. The van der Waals surface area contributed by atoms with E-state index >= 15 is 0 Å². The van der Waals surface area contributed by atoms with Crippen LogP contribution in [0, 0.1) is 11.8 Å². The van der Waals surface area contributed by atoms with Crippen LogP contribution in [0.3, 0.4) is 0 Å². The zero-order chi connectivity index (χ0) is 11.7. The van der Waals surface area contributed by atoms with Gasteiger partial charge in [-0.3, -0.25) is 0 Å². The van der Waals surface area contributed by atoms with Gasteiger partial charge in [0.25, 0.3) is 0 Å². The second-order valence-corrected chi connectivity index (χ2v) is 5.43. The molecule has 0 aliphatic carbocycles. The molecule has 0 aliphatic heterocycles. The van der Waals surface area contributed by atoms with E-state index in [-0.39, 0.29) is 6.10 Å². The van der Waals surface area contributed by atoms with Gasteiger partial charge in [-0.2, -0.15) is 0 Å². The van der Waals surface area contributed by atoms with Crippen molar-refractivity contribution in [3.63, 3.8) is 0 Å². The van der Waals surface area contributed by atoms with Gasteiger partial charge in [0.1, 0.15) is 0 Å². The molecule has 0 saturated carbocycles. The van der Waals surface area contributed by atoms with Crippen molar-refractivity contribution >= 4 is 0 Å². The minimum Gasteiger partial charge on any atom is -0.393 e. The molecule has 0 aromatic carbocycles. The Morgan fingerprint density at radius 2 is 1.53 bits per heavy atom. The maximum absolute atomic E-state index is 9.76. The minimum atomic E-state index is -0.0565. The zero-order valence-corrected chi connectivity index (χ0v) is 11.1. The lowest BCUT2D eigenvalue weighted by atomic mass is 9.97. The second-order valence-electron chi connectivity index (χ2n) is 5.43. The van der Waals surface area contributed by atoms with Crippen molar-refractivity contribution in [1.29, 1.82) is 0 Å². The molecule has 0 aromatic rings. The summed E-state index contributed by atoms with van der Waals surface area (Å²) in [5.41, 5.74) is 0. The molecule has 0 spiro atoms. The summed E-state index contributed by atoms with van der Waals surface area (Å²) in [5, 5.41) is 9.76. The van der Waals surface area contributed by atoms with Crippen LogP contribution >= 0.6 is 0 Å². The lowest BCUT2D eigenvalue weighted by molar-refractivity contribution is 0.132. The maximum atomic E-state index is 9.76. The smallest absolute Gasteiger partial charge is 0.0542 e. The van der Waals surface area contributed by atoms with Crippen molar-refractivity contribution in [3.8, 4) is 0 Å². The Morgan fingerprint density at radius 1 is 0.933 bits per heavy atom. The van der Waals surface area contributed by atoms with Crippen LogP contribution in [0.4, 0.5) is 0 Å². The largest absolute Gasteiger partial charge is 0.393 e. The first-order valence-electron chi connectivity index (χ1n) is 6.74. The highest BCUT2D eigenvalue weighted by Crippen LogP contribution is 2.16. The summed E-state index contributed by atoms with van der Waals surface area (Å²) in [4.78, 5) is 0. The minimum absolute atomic E-state index is 0.0565. The van der Waals surface area contributed by atoms with E-state index in [0.29, 0.717) is 5.92 Å². The number of hydrogen-bond donors (Lipinski definition) is 1. The predicted octanol–water partition coefficient (Wildman–Crippen LogP) is 4.39. The fourth-order valence-corrected chi connectivity index (χ4v) is 1.86. The molecule has 15 heavy (non-hydrogen) atoms. The average Bonchev–Trinajstić information content (AvgIpc) is 2.16. The molecule has 0 rings (SSSR count). The van der Waals surface area contributed by atoms with Gasteiger partial charge < -0.3 is 5.11 Å². The standard InChI is InChI=1S/C14H30O/c1-5-13(4)11-14(15)10-8-6-7-9-12(2)3/h12-15H,5-11H2,1-4H3. The van der Waals surface area contributed by atoms with Gasteiger partial charge in [-0.15, -0.1) is 0 Å². The lowest BCUT2D eigenvalue weighted by Gasteiger charge is -2.14. The van der Waals surface area contributed by atoms with E-state index in [9.17, 15) is 5.11 Å². The SMILES string of the molecule is CCC(C)CC(O)CCCCCC(C)C. The van der Waals surface area contributed by atoms with Crippen LogP contribution < -0.4 is 0 Å². The first kappa shape index (κ1) is 15.0. The van der Waals surface area contributed by atoms with Crippen LogP contribution in [0.15, 0.2) is 0 Å². The van der Waals surface area contributed by atoms with E-state index in [1.54, 1.807) is 0 Å². The summed E-state index contributed by atoms with van der Waals surface area (Å²) in [6.45, 7) is 8.97. The number of aliphatic hydroxyl groups excluding tert-OH is 1. The Morgan fingerprint density at radius 3 is 2.07 bits per heavy atom. The van der Waals surface area contributed by atoms with Gasteiger partial charge in [-0.05, 0) is 24.7 Å². The van der Waals surface area contributed by atoms with E-state index in [1.807, 2.05) is 0 Å². The average molecular weight is 214 g/mol. The van der Waals surface area contributed by atoms with Crippen molar-refractivity contribution in [1.82, 2.24) is 0 Å². The molecule has 0 aromatic heterocycles. The Balaban J connectivity index is 3.27. The Hall–Kier alpha value is -0.0400. The molecule has 0 bridgehead atoms. The van der Waals surface area contributed by atoms with Crippen molar-refractivity contribution in [2.24, 2.45) is 11.8 Å². The zero-order valence-electron chi connectivity index (χ0n) is 11.1. The number of unbranched alkanes of at least 4 members (excludes halogenated alkanes) is 2. The quantitative estimate of drug-likeness (QED) is 0.564. The molecule has 0 saturated heterocycles. The third kappa shape index (κ3) is 10.2. The normalized spacial score (nSPS) is 15.6. The van der Waals surface area contributed by atoms with Gasteiger partial charge in [0.05, 0.1) is 6.10 Å². The van der Waals surface area contributed by atoms with E-state index < -0.39 is 0 Å². The molecule has 1 heteroatoms. The number of rotatable bonds is 9. The highest BCUT2D eigenvalue weighted by molar-refractivity contribution is 4.61. The molecule has 0 radical (unpaired) electrons. The molecule has 2 unspecified atom stereocenters. The lowest BCUT2D eigenvalue weighted by Crippen LogP contribution is -2.11. The third-order valence-corrected chi connectivity index (χ3v) is 3.19. The molecule has 2 atom stereocenters. The summed E-state index contributed by atoms with van der Waals surface area (Å²) < 4.78 is 0. The van der Waals surface area contributed by atoms with Crippen LogP contribution in [0.5, 0.6) is 0 Å². The first-order valence-corrected chi connectivity index (χ1v) is 6.74. The second kappa shape index (κ2) is 9.21. The monoisotopic (exact) mass is 214 g/mol. The van der Waals surface area contributed by atoms with Crippen LogP contribution in [0.2, 0.25) is 0 Å². The highest BCUT2D eigenvalue weighted by Gasteiger charge is 2.08. The van der Waals surface area contributed by atoms with Crippen LogP contribution in [-0.2, 0) is 0 Å². The maximum Gasteiger partial charge on any atom is 0.0542 e. The number of hydrogen-bond acceptors (Lipinski definition) is 1. The third-order valence-electron chi connectivity index (χ3n) is 3.19. The predicted molar refractivity (Wildman–Crippen MR) is 68.0 cm³/mol. The molecule has 0 aliphatic rings. The topological polar surface area (TPSA) is 20.2 Å². The van der Waals surface area contributed by atoms with Gasteiger partial charge in [-0.1, -0.05) is 59.8 Å². The van der Waals surface area contributed by atoms with Gasteiger partial charge in [-0.25, -0.2) is 0 Å². The van der Waals surface area contributed by atoms with Crippen LogP contribution in [0.25, 0.3) is 0 Å². The van der Waals surface area contributed by atoms with Crippen LogP contribution in [-0.4, -0.2) is 11.2 Å². The van der Waals surface area contributed by atoms with Gasteiger partial charge >= 0.3 is 0 Å². The van der Waals surface area contributed by atoms with E-state index in [2.05, 4.69) is 27.7 Å². The fraction of sp³-hybridized carbons (Fsp3) is 1.00. The summed E-state index contributed by atoms with van der Waals surface area (Å²) in [7, 11) is 0. The highest BCUT2D eigenvalue weighted by atomic mass is 16.3. The molecule has 0 fully saturated rings.